The molecule has 2 heterocycles. The van der Waals surface area contributed by atoms with E-state index in [9.17, 15) is 9.59 Å². The highest BCUT2D eigenvalue weighted by molar-refractivity contribution is 7.12. The van der Waals surface area contributed by atoms with Crippen molar-refractivity contribution in [2.75, 3.05) is 16.8 Å². The Morgan fingerprint density at radius 2 is 1.89 bits per heavy atom. The van der Waals surface area contributed by atoms with Gasteiger partial charge in [-0.05, 0) is 47.2 Å². The molecule has 0 bridgehead atoms. The van der Waals surface area contributed by atoms with Crippen molar-refractivity contribution in [1.82, 2.24) is 0 Å². The Kier molecular flexibility index (Phi) is 4.85. The van der Waals surface area contributed by atoms with Crippen molar-refractivity contribution in [1.29, 1.82) is 0 Å². The molecule has 2 amide bonds. The quantitative estimate of drug-likeness (QED) is 0.679. The van der Waals surface area contributed by atoms with Crippen molar-refractivity contribution in [3.8, 4) is 0 Å². The molecule has 0 aliphatic carbocycles. The van der Waals surface area contributed by atoms with Gasteiger partial charge in [0.25, 0.3) is 5.91 Å². The number of rotatable bonds is 4. The van der Waals surface area contributed by atoms with Gasteiger partial charge in [0, 0.05) is 24.0 Å². The Balaban J connectivity index is 1.49. The lowest BCUT2D eigenvalue weighted by atomic mass is 10.1. The van der Waals surface area contributed by atoms with Gasteiger partial charge < -0.3 is 10.2 Å². The fourth-order valence-electron chi connectivity index (χ4n) is 3.12. The van der Waals surface area contributed by atoms with Crippen molar-refractivity contribution in [2.24, 2.45) is 0 Å². The third-order valence-electron chi connectivity index (χ3n) is 4.45. The van der Waals surface area contributed by atoms with E-state index in [-0.39, 0.29) is 11.8 Å². The summed E-state index contributed by atoms with van der Waals surface area (Å²) in [6, 6.07) is 19.1. The molecule has 4 rings (SSSR count). The summed E-state index contributed by atoms with van der Waals surface area (Å²) in [7, 11) is 0. The van der Waals surface area contributed by atoms with Crippen molar-refractivity contribution in [2.45, 2.75) is 6.42 Å². The van der Waals surface area contributed by atoms with Crippen LogP contribution in [0.4, 0.5) is 11.4 Å². The maximum Gasteiger partial charge on any atom is 0.268 e. The summed E-state index contributed by atoms with van der Waals surface area (Å²) < 4.78 is 0. The molecule has 0 radical (unpaired) electrons. The van der Waals surface area contributed by atoms with Crippen molar-refractivity contribution in [3.05, 3.63) is 88.1 Å². The second kappa shape index (κ2) is 7.60. The first-order chi connectivity index (χ1) is 13.2. The average Bonchev–Trinajstić information content (AvgIpc) is 3.36. The molecule has 0 saturated heterocycles. The van der Waals surface area contributed by atoms with Gasteiger partial charge in [0.1, 0.15) is 0 Å². The number of carbonyl (C=O) groups excluding carboxylic acids is 2. The van der Waals surface area contributed by atoms with E-state index in [4.69, 9.17) is 0 Å². The highest BCUT2D eigenvalue weighted by Gasteiger charge is 2.26. The number of hydrogen-bond acceptors (Lipinski definition) is 3. The zero-order valence-corrected chi connectivity index (χ0v) is 15.4. The Hall–Kier alpha value is -3.18. The Morgan fingerprint density at radius 3 is 2.67 bits per heavy atom. The minimum atomic E-state index is -0.201. The molecule has 1 N–H and O–H groups in total. The van der Waals surface area contributed by atoms with E-state index in [0.29, 0.717) is 12.2 Å². The second-order valence-corrected chi connectivity index (χ2v) is 7.21. The van der Waals surface area contributed by atoms with E-state index in [0.717, 1.165) is 28.1 Å². The number of fused-ring (bicyclic) bond motifs is 1. The number of hydrogen-bond donors (Lipinski definition) is 1. The summed E-state index contributed by atoms with van der Waals surface area (Å²) in [6.07, 6.45) is 4.11. The molecule has 0 atom stereocenters. The van der Waals surface area contributed by atoms with Gasteiger partial charge in [0.2, 0.25) is 5.91 Å². The molecular weight excluding hydrogens is 356 g/mol. The lowest BCUT2D eigenvalue weighted by molar-refractivity contribution is -0.111. The van der Waals surface area contributed by atoms with Crippen LogP contribution in [0.3, 0.4) is 0 Å². The molecule has 0 saturated carbocycles. The molecule has 1 aliphatic heterocycles. The van der Waals surface area contributed by atoms with Gasteiger partial charge in [-0.3, -0.25) is 9.59 Å². The minimum Gasteiger partial charge on any atom is -0.322 e. The monoisotopic (exact) mass is 374 g/mol. The van der Waals surface area contributed by atoms with Crippen LogP contribution in [0, 0.1) is 0 Å². The predicted octanol–water partition coefficient (Wildman–Crippen LogP) is 4.60. The molecule has 0 unspecified atom stereocenters. The minimum absolute atomic E-state index is 0.0104. The Labute approximate surface area is 161 Å². The lowest BCUT2D eigenvalue weighted by Crippen LogP contribution is -2.28. The summed E-state index contributed by atoms with van der Waals surface area (Å²) in [4.78, 5) is 27.4. The maximum atomic E-state index is 12.7. The molecule has 134 valence electrons. The molecule has 1 aromatic heterocycles. The van der Waals surface area contributed by atoms with Crippen LogP contribution in [-0.2, 0) is 11.2 Å². The molecule has 2 aromatic carbocycles. The Morgan fingerprint density at radius 1 is 1.04 bits per heavy atom. The van der Waals surface area contributed by atoms with Crippen LogP contribution in [0.5, 0.6) is 0 Å². The van der Waals surface area contributed by atoms with Gasteiger partial charge >= 0.3 is 0 Å². The molecule has 1 aliphatic rings. The largest absolute Gasteiger partial charge is 0.322 e. The topological polar surface area (TPSA) is 49.4 Å². The lowest BCUT2D eigenvalue weighted by Gasteiger charge is -2.17. The van der Waals surface area contributed by atoms with Gasteiger partial charge in [-0.25, -0.2) is 0 Å². The fraction of sp³-hybridized carbons (Fsp3) is 0.0909. The SMILES string of the molecule is O=C(/C=C/c1ccccc1)Nc1ccc2c(c1)N(C(=O)c1cccs1)CC2. The summed E-state index contributed by atoms with van der Waals surface area (Å²) in [5.41, 5.74) is 3.65. The normalized spacial score (nSPS) is 13.0. The first kappa shape index (κ1) is 17.2. The molecular formula is C22H18N2O2S. The van der Waals surface area contributed by atoms with Gasteiger partial charge in [0.15, 0.2) is 0 Å². The van der Waals surface area contributed by atoms with E-state index >= 15 is 0 Å². The van der Waals surface area contributed by atoms with Crippen molar-refractivity contribution >= 4 is 40.6 Å². The van der Waals surface area contributed by atoms with E-state index in [1.165, 1.54) is 17.4 Å². The van der Waals surface area contributed by atoms with Crippen LogP contribution >= 0.6 is 11.3 Å². The van der Waals surface area contributed by atoms with Gasteiger partial charge in [0.05, 0.1) is 4.88 Å². The summed E-state index contributed by atoms with van der Waals surface area (Å²) in [5.74, 6) is -0.191. The summed E-state index contributed by atoms with van der Waals surface area (Å²) in [5, 5.41) is 4.78. The fourth-order valence-corrected chi connectivity index (χ4v) is 3.79. The smallest absolute Gasteiger partial charge is 0.268 e. The molecule has 0 spiro atoms. The molecule has 5 heteroatoms. The van der Waals surface area contributed by atoms with Crippen molar-refractivity contribution in [3.63, 3.8) is 0 Å². The number of nitrogens with one attached hydrogen (secondary N) is 1. The highest BCUT2D eigenvalue weighted by Crippen LogP contribution is 2.32. The van der Waals surface area contributed by atoms with Crippen LogP contribution in [-0.4, -0.2) is 18.4 Å². The van der Waals surface area contributed by atoms with Crippen LogP contribution in [0.2, 0.25) is 0 Å². The van der Waals surface area contributed by atoms with Crippen LogP contribution < -0.4 is 10.2 Å². The van der Waals surface area contributed by atoms with E-state index in [2.05, 4.69) is 5.32 Å². The number of anilines is 2. The van der Waals surface area contributed by atoms with Crippen molar-refractivity contribution < 1.29 is 9.59 Å². The number of benzene rings is 2. The summed E-state index contributed by atoms with van der Waals surface area (Å²) >= 11 is 1.44. The van der Waals surface area contributed by atoms with E-state index in [1.54, 1.807) is 11.0 Å². The molecule has 3 aromatic rings. The number of thiophene rings is 1. The van der Waals surface area contributed by atoms with Gasteiger partial charge in [-0.2, -0.15) is 0 Å². The van der Waals surface area contributed by atoms with Crippen LogP contribution in [0.15, 0.2) is 72.1 Å². The van der Waals surface area contributed by atoms with E-state index in [1.807, 2.05) is 66.0 Å². The van der Waals surface area contributed by atoms with Crippen LogP contribution in [0.25, 0.3) is 6.08 Å². The third-order valence-corrected chi connectivity index (χ3v) is 5.31. The first-order valence-corrected chi connectivity index (χ1v) is 9.61. The highest BCUT2D eigenvalue weighted by atomic mass is 32.1. The van der Waals surface area contributed by atoms with E-state index < -0.39 is 0 Å². The first-order valence-electron chi connectivity index (χ1n) is 8.73. The van der Waals surface area contributed by atoms with Crippen LogP contribution in [0.1, 0.15) is 20.8 Å². The van der Waals surface area contributed by atoms with Gasteiger partial charge in [-0.1, -0.05) is 42.5 Å². The number of amides is 2. The average molecular weight is 374 g/mol. The molecule has 27 heavy (non-hydrogen) atoms. The number of nitrogens with zero attached hydrogens (tertiary/aromatic N) is 1. The zero-order chi connectivity index (χ0) is 18.6. The molecule has 4 nitrogen and oxygen atoms in total. The standard InChI is InChI=1S/C22H18N2O2S/c25-21(11-8-16-5-2-1-3-6-16)23-18-10-9-17-12-13-24(19(17)15-18)22(26)20-7-4-14-27-20/h1-11,14-15H,12-13H2,(H,23,25)/b11-8+. The number of carbonyl (C=O) groups is 2. The Bertz CT molecular complexity index is 994. The predicted molar refractivity (Wildman–Crippen MR) is 110 cm³/mol. The second-order valence-electron chi connectivity index (χ2n) is 6.26. The third kappa shape index (κ3) is 3.83. The zero-order valence-electron chi connectivity index (χ0n) is 14.6. The molecule has 0 fully saturated rings. The van der Waals surface area contributed by atoms with Gasteiger partial charge in [-0.15, -0.1) is 11.3 Å². The summed E-state index contributed by atoms with van der Waals surface area (Å²) in [6.45, 7) is 0.664. The maximum absolute atomic E-state index is 12.7.